The lowest BCUT2D eigenvalue weighted by atomic mass is 10.1. The van der Waals surface area contributed by atoms with Crippen LogP contribution in [0.15, 0.2) is 48.8 Å². The van der Waals surface area contributed by atoms with Crippen LogP contribution < -0.4 is 10.6 Å². The summed E-state index contributed by atoms with van der Waals surface area (Å²) in [7, 11) is 0. The number of amides is 2. The summed E-state index contributed by atoms with van der Waals surface area (Å²) in [4.78, 5) is 28.4. The van der Waals surface area contributed by atoms with Crippen LogP contribution in [0.4, 0.5) is 0 Å². The van der Waals surface area contributed by atoms with E-state index in [-0.39, 0.29) is 24.3 Å². The summed E-state index contributed by atoms with van der Waals surface area (Å²) in [6.45, 7) is 6.16. The van der Waals surface area contributed by atoms with E-state index in [0.717, 1.165) is 16.7 Å². The monoisotopic (exact) mass is 364 g/mol. The van der Waals surface area contributed by atoms with Crippen molar-refractivity contribution in [3.63, 3.8) is 0 Å². The zero-order valence-electron chi connectivity index (χ0n) is 15.8. The van der Waals surface area contributed by atoms with E-state index in [2.05, 4.69) is 21.7 Å². The van der Waals surface area contributed by atoms with Crippen LogP contribution >= 0.6 is 0 Å². The number of benzene rings is 2. The topological polar surface area (TPSA) is 76.0 Å². The fraction of sp³-hybridized carbons (Fsp3) is 0.286. The SMILES string of the molecule is Cc1cccc(-n2cnc3cc(C(=O)NCCC(=O)NC(C)C)ccc32)c1. The van der Waals surface area contributed by atoms with Crippen molar-refractivity contribution >= 4 is 22.8 Å². The standard InChI is InChI=1S/C21H24N4O2/c1-14(2)24-20(26)9-10-22-21(27)16-7-8-19-18(12-16)23-13-25(19)17-6-4-5-15(3)11-17/h4-8,11-14H,9-10H2,1-3H3,(H,22,27)(H,24,26). The number of hydrogen-bond donors (Lipinski definition) is 2. The van der Waals surface area contributed by atoms with Gasteiger partial charge in [0.1, 0.15) is 6.33 Å². The van der Waals surface area contributed by atoms with Crippen LogP contribution in [0, 0.1) is 6.92 Å². The molecule has 2 amide bonds. The largest absolute Gasteiger partial charge is 0.354 e. The van der Waals surface area contributed by atoms with Gasteiger partial charge in [-0.15, -0.1) is 0 Å². The van der Waals surface area contributed by atoms with E-state index in [1.54, 1.807) is 18.5 Å². The smallest absolute Gasteiger partial charge is 0.251 e. The highest BCUT2D eigenvalue weighted by atomic mass is 16.2. The van der Waals surface area contributed by atoms with E-state index in [1.807, 2.05) is 49.6 Å². The maximum Gasteiger partial charge on any atom is 0.251 e. The lowest BCUT2D eigenvalue weighted by Crippen LogP contribution is -2.34. The summed E-state index contributed by atoms with van der Waals surface area (Å²) in [5.74, 6) is -0.281. The molecule has 0 unspecified atom stereocenters. The summed E-state index contributed by atoms with van der Waals surface area (Å²) in [6, 6.07) is 13.7. The third-order valence-corrected chi connectivity index (χ3v) is 4.18. The lowest BCUT2D eigenvalue weighted by Gasteiger charge is -2.09. The first-order valence-corrected chi connectivity index (χ1v) is 9.06. The molecular formula is C21H24N4O2. The van der Waals surface area contributed by atoms with Gasteiger partial charge >= 0.3 is 0 Å². The Bertz CT molecular complexity index is 975. The van der Waals surface area contributed by atoms with E-state index >= 15 is 0 Å². The van der Waals surface area contributed by atoms with Crippen LogP contribution in [0.2, 0.25) is 0 Å². The number of aromatic nitrogens is 2. The first-order valence-electron chi connectivity index (χ1n) is 9.06. The maximum atomic E-state index is 12.3. The van der Waals surface area contributed by atoms with Crippen molar-refractivity contribution in [2.75, 3.05) is 6.54 Å². The second kappa shape index (κ2) is 8.03. The van der Waals surface area contributed by atoms with Crippen molar-refractivity contribution in [2.45, 2.75) is 33.2 Å². The highest BCUT2D eigenvalue weighted by molar-refractivity contribution is 5.97. The van der Waals surface area contributed by atoms with Gasteiger partial charge in [0.15, 0.2) is 0 Å². The summed E-state index contributed by atoms with van der Waals surface area (Å²) in [6.07, 6.45) is 2.02. The Labute approximate surface area is 158 Å². The molecule has 2 aromatic carbocycles. The van der Waals surface area contributed by atoms with Gasteiger partial charge in [0.25, 0.3) is 5.91 Å². The predicted octanol–water partition coefficient (Wildman–Crippen LogP) is 2.98. The molecule has 0 bridgehead atoms. The Kier molecular flexibility index (Phi) is 5.54. The second-order valence-corrected chi connectivity index (χ2v) is 6.89. The van der Waals surface area contributed by atoms with Gasteiger partial charge in [0.05, 0.1) is 11.0 Å². The Hall–Kier alpha value is -3.15. The molecule has 0 atom stereocenters. The number of carbonyl (C=O) groups excluding carboxylic acids is 2. The minimum Gasteiger partial charge on any atom is -0.354 e. The number of fused-ring (bicyclic) bond motifs is 1. The van der Waals surface area contributed by atoms with Crippen molar-refractivity contribution in [2.24, 2.45) is 0 Å². The van der Waals surface area contributed by atoms with Gasteiger partial charge in [-0.25, -0.2) is 4.98 Å². The molecule has 0 aliphatic heterocycles. The third-order valence-electron chi connectivity index (χ3n) is 4.18. The van der Waals surface area contributed by atoms with Crippen LogP contribution in [0.25, 0.3) is 16.7 Å². The van der Waals surface area contributed by atoms with Crippen molar-refractivity contribution < 1.29 is 9.59 Å². The molecule has 1 heterocycles. The molecule has 2 N–H and O–H groups in total. The molecule has 3 aromatic rings. The molecule has 140 valence electrons. The first-order chi connectivity index (χ1) is 12.9. The van der Waals surface area contributed by atoms with Gasteiger partial charge in [-0.2, -0.15) is 0 Å². The van der Waals surface area contributed by atoms with Gasteiger partial charge in [0.2, 0.25) is 5.91 Å². The quantitative estimate of drug-likeness (QED) is 0.706. The molecule has 6 nitrogen and oxygen atoms in total. The normalized spacial score (nSPS) is 11.0. The summed E-state index contributed by atoms with van der Waals surface area (Å²) in [5.41, 5.74) is 4.43. The van der Waals surface area contributed by atoms with Gasteiger partial charge in [0, 0.05) is 30.3 Å². The Balaban J connectivity index is 1.70. The van der Waals surface area contributed by atoms with Crippen LogP contribution in [0.5, 0.6) is 0 Å². The molecule has 27 heavy (non-hydrogen) atoms. The number of rotatable bonds is 6. The van der Waals surface area contributed by atoms with Crippen LogP contribution in [0.1, 0.15) is 36.2 Å². The van der Waals surface area contributed by atoms with Gasteiger partial charge < -0.3 is 10.6 Å². The molecule has 0 aliphatic rings. The van der Waals surface area contributed by atoms with Crippen LogP contribution in [-0.4, -0.2) is 34.0 Å². The van der Waals surface area contributed by atoms with E-state index in [0.29, 0.717) is 12.1 Å². The molecular weight excluding hydrogens is 340 g/mol. The summed E-state index contributed by atoms with van der Waals surface area (Å²) >= 11 is 0. The van der Waals surface area contributed by atoms with Crippen molar-refractivity contribution in [3.8, 4) is 5.69 Å². The van der Waals surface area contributed by atoms with Gasteiger partial charge in [-0.3, -0.25) is 14.2 Å². The Morgan fingerprint density at radius 1 is 1.15 bits per heavy atom. The molecule has 0 spiro atoms. The summed E-state index contributed by atoms with van der Waals surface area (Å²) in [5, 5.41) is 5.58. The molecule has 0 saturated heterocycles. The fourth-order valence-electron chi connectivity index (χ4n) is 2.92. The molecule has 1 aromatic heterocycles. The molecule has 0 saturated carbocycles. The van der Waals surface area contributed by atoms with Crippen molar-refractivity contribution in [1.82, 2.24) is 20.2 Å². The Morgan fingerprint density at radius 2 is 1.96 bits per heavy atom. The minimum absolute atomic E-state index is 0.0716. The number of aryl methyl sites for hydroxylation is 1. The Morgan fingerprint density at radius 3 is 2.70 bits per heavy atom. The maximum absolute atomic E-state index is 12.3. The van der Waals surface area contributed by atoms with Crippen LogP contribution in [-0.2, 0) is 4.79 Å². The molecule has 0 fully saturated rings. The first kappa shape index (κ1) is 18.6. The number of hydrogen-bond acceptors (Lipinski definition) is 3. The van der Waals surface area contributed by atoms with Crippen molar-refractivity contribution in [3.05, 3.63) is 59.9 Å². The number of carbonyl (C=O) groups is 2. The van der Waals surface area contributed by atoms with E-state index in [9.17, 15) is 9.59 Å². The van der Waals surface area contributed by atoms with Gasteiger partial charge in [-0.1, -0.05) is 12.1 Å². The fourth-order valence-corrected chi connectivity index (χ4v) is 2.92. The second-order valence-electron chi connectivity index (χ2n) is 6.89. The van der Waals surface area contributed by atoms with E-state index < -0.39 is 0 Å². The van der Waals surface area contributed by atoms with Gasteiger partial charge in [-0.05, 0) is 56.7 Å². The predicted molar refractivity (Wildman–Crippen MR) is 106 cm³/mol. The molecule has 6 heteroatoms. The lowest BCUT2D eigenvalue weighted by molar-refractivity contribution is -0.121. The highest BCUT2D eigenvalue weighted by Crippen LogP contribution is 2.20. The molecule has 3 rings (SSSR count). The average molecular weight is 364 g/mol. The van der Waals surface area contributed by atoms with E-state index in [4.69, 9.17) is 0 Å². The minimum atomic E-state index is -0.209. The number of nitrogens with zero attached hydrogens (tertiary/aromatic N) is 2. The van der Waals surface area contributed by atoms with Crippen molar-refractivity contribution in [1.29, 1.82) is 0 Å². The third kappa shape index (κ3) is 4.53. The molecule has 0 radical (unpaired) electrons. The summed E-state index contributed by atoms with van der Waals surface area (Å²) < 4.78 is 2.00. The van der Waals surface area contributed by atoms with Crippen LogP contribution in [0.3, 0.4) is 0 Å². The highest BCUT2D eigenvalue weighted by Gasteiger charge is 2.11. The number of imidazole rings is 1. The van der Waals surface area contributed by atoms with E-state index in [1.165, 1.54) is 5.56 Å². The molecule has 0 aliphatic carbocycles. The zero-order valence-corrected chi connectivity index (χ0v) is 15.8. The zero-order chi connectivity index (χ0) is 19.4. The average Bonchev–Trinajstić information content (AvgIpc) is 3.04. The number of nitrogens with one attached hydrogen (secondary N) is 2.